The van der Waals surface area contributed by atoms with E-state index in [1.807, 2.05) is 26.2 Å². The van der Waals surface area contributed by atoms with Crippen molar-refractivity contribution < 1.29 is 37.0 Å². The molecule has 1 aliphatic heterocycles. The van der Waals surface area contributed by atoms with E-state index in [2.05, 4.69) is 14.5 Å². The normalized spacial score (nSPS) is 15.3. The molecule has 3 rings (SSSR count). The van der Waals surface area contributed by atoms with Crippen molar-refractivity contribution in [3.05, 3.63) is 34.8 Å². The molecule has 0 unspecified atom stereocenters. The molecule has 0 radical (unpaired) electrons. The van der Waals surface area contributed by atoms with E-state index < -0.39 is 23.7 Å². The Bertz CT molecular complexity index is 1010. The van der Waals surface area contributed by atoms with Gasteiger partial charge in [0.25, 0.3) is 0 Å². The lowest BCUT2D eigenvalue weighted by Gasteiger charge is -2.32. The standard InChI is InChI=1S/C22H25F3N2O5S/c1-21(2,3)32-20(29)27-9-7-13(8-10-27)16-12-33-18(26-16)14-5-6-15(19(28)30-4)17(11-14)31-22(23,24)25/h5-6,11-13H,7-10H2,1-4H3. The molecule has 1 aromatic heterocycles. The summed E-state index contributed by atoms with van der Waals surface area (Å²) in [6, 6.07) is 3.86. The molecule has 0 spiro atoms. The van der Waals surface area contributed by atoms with E-state index in [9.17, 15) is 22.8 Å². The van der Waals surface area contributed by atoms with Gasteiger partial charge in [0, 0.05) is 30.0 Å². The number of rotatable bonds is 4. The zero-order chi connectivity index (χ0) is 24.4. The number of methoxy groups -OCH3 is 1. The second-order valence-corrected chi connectivity index (χ2v) is 9.43. The maximum absolute atomic E-state index is 12.8. The third-order valence-corrected chi connectivity index (χ3v) is 5.86. The van der Waals surface area contributed by atoms with Gasteiger partial charge in [-0.2, -0.15) is 0 Å². The summed E-state index contributed by atoms with van der Waals surface area (Å²) in [6.45, 7) is 6.51. The minimum Gasteiger partial charge on any atom is -0.465 e. The van der Waals surface area contributed by atoms with Crippen molar-refractivity contribution in [1.82, 2.24) is 9.88 Å². The molecule has 0 bridgehead atoms. The highest BCUT2D eigenvalue weighted by atomic mass is 32.1. The number of thiazole rings is 1. The number of ether oxygens (including phenoxy) is 3. The number of hydrogen-bond acceptors (Lipinski definition) is 7. The van der Waals surface area contributed by atoms with Gasteiger partial charge in [-0.15, -0.1) is 24.5 Å². The number of amides is 1. The largest absolute Gasteiger partial charge is 0.573 e. The van der Waals surface area contributed by atoms with Gasteiger partial charge in [-0.05, 0) is 45.7 Å². The number of nitrogens with zero attached hydrogens (tertiary/aromatic N) is 2. The molecule has 180 valence electrons. The number of esters is 1. The second kappa shape index (κ2) is 9.58. The molecule has 1 fully saturated rings. The number of alkyl halides is 3. The average Bonchev–Trinajstić information content (AvgIpc) is 3.21. The molecule has 0 atom stereocenters. The summed E-state index contributed by atoms with van der Waals surface area (Å²) in [7, 11) is 1.08. The van der Waals surface area contributed by atoms with Crippen molar-refractivity contribution in [2.75, 3.05) is 20.2 Å². The smallest absolute Gasteiger partial charge is 0.465 e. The van der Waals surface area contributed by atoms with Crippen LogP contribution in [0.5, 0.6) is 5.75 Å². The Morgan fingerprint density at radius 2 is 1.82 bits per heavy atom. The number of piperidine rings is 1. The van der Waals surface area contributed by atoms with Crippen LogP contribution in [0.25, 0.3) is 10.6 Å². The maximum atomic E-state index is 12.8. The fourth-order valence-electron chi connectivity index (χ4n) is 3.43. The molecular formula is C22H25F3N2O5S. The minimum absolute atomic E-state index is 0.119. The lowest BCUT2D eigenvalue weighted by atomic mass is 9.94. The number of likely N-dealkylation sites (tertiary alicyclic amines) is 1. The Balaban J connectivity index is 1.73. The van der Waals surface area contributed by atoms with Gasteiger partial charge in [-0.1, -0.05) is 6.07 Å². The van der Waals surface area contributed by atoms with Crippen LogP contribution in [0.15, 0.2) is 23.6 Å². The van der Waals surface area contributed by atoms with E-state index >= 15 is 0 Å². The third kappa shape index (κ3) is 6.59. The van der Waals surface area contributed by atoms with Crippen molar-refractivity contribution in [3.8, 4) is 16.3 Å². The lowest BCUT2D eigenvalue weighted by Crippen LogP contribution is -2.41. The van der Waals surface area contributed by atoms with Crippen LogP contribution >= 0.6 is 11.3 Å². The van der Waals surface area contributed by atoms with Crippen molar-refractivity contribution in [3.63, 3.8) is 0 Å². The summed E-state index contributed by atoms with van der Waals surface area (Å²) in [4.78, 5) is 30.3. The third-order valence-electron chi connectivity index (χ3n) is 4.95. The summed E-state index contributed by atoms with van der Waals surface area (Å²) in [5, 5.41) is 2.37. The predicted octanol–water partition coefficient (Wildman–Crippen LogP) is 5.61. The van der Waals surface area contributed by atoms with E-state index in [1.54, 1.807) is 4.90 Å². The number of carbonyl (C=O) groups excluding carboxylic acids is 2. The molecule has 0 N–H and O–H groups in total. The summed E-state index contributed by atoms with van der Waals surface area (Å²) in [6.07, 6.45) is -3.90. The summed E-state index contributed by atoms with van der Waals surface area (Å²) in [5.41, 5.74) is 0.318. The Kier molecular flexibility index (Phi) is 7.20. The zero-order valence-electron chi connectivity index (χ0n) is 18.7. The first kappa shape index (κ1) is 24.8. The summed E-state index contributed by atoms with van der Waals surface area (Å²) >= 11 is 1.29. The Hall–Kier alpha value is -2.82. The average molecular weight is 487 g/mol. The van der Waals surface area contributed by atoms with E-state index in [0.717, 1.165) is 18.9 Å². The topological polar surface area (TPSA) is 78.0 Å². The van der Waals surface area contributed by atoms with Gasteiger partial charge < -0.3 is 19.1 Å². The SMILES string of the molecule is COC(=O)c1ccc(-c2nc(C3CCN(C(=O)OC(C)(C)C)CC3)cs2)cc1OC(F)(F)F. The van der Waals surface area contributed by atoms with Crippen LogP contribution in [0.2, 0.25) is 0 Å². The molecule has 1 amide bonds. The lowest BCUT2D eigenvalue weighted by molar-refractivity contribution is -0.274. The Morgan fingerprint density at radius 1 is 1.15 bits per heavy atom. The van der Waals surface area contributed by atoms with Gasteiger partial charge in [-0.3, -0.25) is 0 Å². The highest BCUT2D eigenvalue weighted by Gasteiger charge is 2.34. The van der Waals surface area contributed by atoms with Gasteiger partial charge in [0.1, 0.15) is 21.9 Å². The number of benzene rings is 1. The number of aromatic nitrogens is 1. The van der Waals surface area contributed by atoms with Crippen LogP contribution in [-0.2, 0) is 9.47 Å². The fourth-order valence-corrected chi connectivity index (χ4v) is 4.33. The minimum atomic E-state index is -4.96. The summed E-state index contributed by atoms with van der Waals surface area (Å²) < 4.78 is 52.5. The Labute approximate surface area is 193 Å². The molecule has 11 heteroatoms. The quantitative estimate of drug-likeness (QED) is 0.523. The Morgan fingerprint density at radius 3 is 2.39 bits per heavy atom. The molecule has 0 aliphatic carbocycles. The van der Waals surface area contributed by atoms with Crippen LogP contribution in [0, 0.1) is 0 Å². The molecule has 1 saturated heterocycles. The number of halogens is 3. The van der Waals surface area contributed by atoms with Crippen molar-refractivity contribution in [2.24, 2.45) is 0 Å². The number of carbonyl (C=O) groups is 2. The fraction of sp³-hybridized carbons (Fsp3) is 0.500. The summed E-state index contributed by atoms with van der Waals surface area (Å²) in [5.74, 6) is -1.46. The molecule has 33 heavy (non-hydrogen) atoms. The van der Waals surface area contributed by atoms with E-state index in [4.69, 9.17) is 4.74 Å². The van der Waals surface area contributed by atoms with Gasteiger partial charge in [0.15, 0.2) is 0 Å². The highest BCUT2D eigenvalue weighted by molar-refractivity contribution is 7.13. The van der Waals surface area contributed by atoms with E-state index in [-0.39, 0.29) is 17.6 Å². The molecule has 2 aromatic rings. The first-order valence-electron chi connectivity index (χ1n) is 10.3. The molecule has 1 aliphatic rings. The van der Waals surface area contributed by atoms with Crippen LogP contribution in [-0.4, -0.2) is 54.1 Å². The van der Waals surface area contributed by atoms with Gasteiger partial charge in [0.05, 0.1) is 12.8 Å². The van der Waals surface area contributed by atoms with Crippen molar-refractivity contribution >= 4 is 23.4 Å². The van der Waals surface area contributed by atoms with Crippen LogP contribution < -0.4 is 4.74 Å². The van der Waals surface area contributed by atoms with Gasteiger partial charge in [-0.25, -0.2) is 14.6 Å². The monoisotopic (exact) mass is 486 g/mol. The molecule has 0 saturated carbocycles. The van der Waals surface area contributed by atoms with Gasteiger partial charge in [0.2, 0.25) is 0 Å². The first-order valence-corrected chi connectivity index (χ1v) is 11.2. The molecular weight excluding hydrogens is 461 g/mol. The van der Waals surface area contributed by atoms with E-state index in [0.29, 0.717) is 36.5 Å². The molecule has 1 aromatic carbocycles. The molecule has 7 nitrogen and oxygen atoms in total. The van der Waals surface area contributed by atoms with Crippen LogP contribution in [0.4, 0.5) is 18.0 Å². The zero-order valence-corrected chi connectivity index (χ0v) is 19.5. The van der Waals surface area contributed by atoms with Crippen LogP contribution in [0.1, 0.15) is 55.6 Å². The van der Waals surface area contributed by atoms with Crippen molar-refractivity contribution in [2.45, 2.75) is 51.5 Å². The first-order chi connectivity index (χ1) is 15.4. The second-order valence-electron chi connectivity index (χ2n) is 8.57. The van der Waals surface area contributed by atoms with Gasteiger partial charge >= 0.3 is 18.4 Å². The predicted molar refractivity (Wildman–Crippen MR) is 115 cm³/mol. The number of hydrogen-bond donors (Lipinski definition) is 0. The van der Waals surface area contributed by atoms with Crippen molar-refractivity contribution in [1.29, 1.82) is 0 Å². The maximum Gasteiger partial charge on any atom is 0.573 e. The molecule has 2 heterocycles. The van der Waals surface area contributed by atoms with Crippen LogP contribution in [0.3, 0.4) is 0 Å². The highest BCUT2D eigenvalue weighted by Crippen LogP contribution is 2.36. The van der Waals surface area contributed by atoms with E-state index in [1.165, 1.54) is 23.5 Å².